The van der Waals surface area contributed by atoms with E-state index in [0.717, 1.165) is 11.3 Å². The minimum absolute atomic E-state index is 0.0277. The number of aliphatic hydroxyl groups is 1. The maximum atomic E-state index is 12.2. The molecule has 0 aliphatic carbocycles. The van der Waals surface area contributed by atoms with E-state index in [0.29, 0.717) is 11.4 Å². The number of carbonyl (C=O) groups excluding carboxylic acids is 1. The first-order valence-corrected chi connectivity index (χ1v) is 6.45. The van der Waals surface area contributed by atoms with Gasteiger partial charge in [0.15, 0.2) is 0 Å². The average Bonchev–Trinajstić information content (AvgIpc) is 2.50. The minimum atomic E-state index is -0.371. The third-order valence-corrected chi connectivity index (χ3v) is 4.10. The van der Waals surface area contributed by atoms with Crippen LogP contribution < -0.4 is 4.90 Å². The lowest BCUT2D eigenvalue weighted by molar-refractivity contribution is -0.117. The zero-order chi connectivity index (χ0) is 13.5. The van der Waals surface area contributed by atoms with Gasteiger partial charge in [-0.15, -0.1) is 0 Å². The number of carbonyl (C=O) groups is 1. The van der Waals surface area contributed by atoms with E-state index in [-0.39, 0.29) is 24.0 Å². The van der Waals surface area contributed by atoms with E-state index in [1.54, 1.807) is 11.0 Å². The van der Waals surface area contributed by atoms with Gasteiger partial charge in [-0.05, 0) is 44.5 Å². The van der Waals surface area contributed by atoms with E-state index < -0.39 is 0 Å². The molecule has 4 heteroatoms. The zero-order valence-corrected chi connectivity index (χ0v) is 11.7. The fourth-order valence-corrected chi connectivity index (χ4v) is 2.88. The number of aliphatic hydroxyl groups excluding tert-OH is 1. The summed E-state index contributed by atoms with van der Waals surface area (Å²) in [7, 11) is 0. The molecular formula is C14H18ClNO2. The molecular weight excluding hydrogens is 250 g/mol. The molecule has 0 aromatic heterocycles. The monoisotopic (exact) mass is 267 g/mol. The second-order valence-corrected chi connectivity index (χ2v) is 5.83. The third-order valence-electron chi connectivity index (χ3n) is 3.87. The molecule has 0 radical (unpaired) electrons. The number of amides is 1. The molecule has 1 aromatic rings. The predicted octanol–water partition coefficient (Wildman–Crippen LogP) is 2.77. The smallest absolute Gasteiger partial charge is 0.227 e. The number of benzene rings is 1. The Hall–Kier alpha value is -1.06. The summed E-state index contributed by atoms with van der Waals surface area (Å²) >= 11 is 5.94. The Morgan fingerprint density at radius 3 is 2.67 bits per heavy atom. The Morgan fingerprint density at radius 2 is 2.17 bits per heavy atom. The number of hydrogen-bond donors (Lipinski definition) is 1. The highest BCUT2D eigenvalue weighted by Crippen LogP contribution is 2.40. The van der Waals surface area contributed by atoms with Crippen LogP contribution in [0.2, 0.25) is 5.02 Å². The fourth-order valence-electron chi connectivity index (χ4n) is 2.66. The molecule has 1 fully saturated rings. The molecule has 3 nitrogen and oxygen atoms in total. The maximum absolute atomic E-state index is 12.2. The Bertz CT molecular complexity index is 485. The van der Waals surface area contributed by atoms with Gasteiger partial charge in [-0.3, -0.25) is 4.79 Å². The molecule has 1 aromatic carbocycles. The first-order chi connectivity index (χ1) is 8.37. The van der Waals surface area contributed by atoms with E-state index >= 15 is 0 Å². The second-order valence-electron chi connectivity index (χ2n) is 5.40. The van der Waals surface area contributed by atoms with Crippen LogP contribution in [0.3, 0.4) is 0 Å². The van der Waals surface area contributed by atoms with Crippen LogP contribution in [0.5, 0.6) is 0 Å². The maximum Gasteiger partial charge on any atom is 0.227 e. The van der Waals surface area contributed by atoms with Crippen LogP contribution in [-0.2, 0) is 4.79 Å². The van der Waals surface area contributed by atoms with E-state index in [2.05, 4.69) is 0 Å². The molecule has 0 saturated carbocycles. The first kappa shape index (κ1) is 13.4. The second kappa shape index (κ2) is 4.56. The first-order valence-electron chi connectivity index (χ1n) is 6.08. The van der Waals surface area contributed by atoms with Gasteiger partial charge >= 0.3 is 0 Å². The molecule has 0 spiro atoms. The number of halogens is 1. The minimum Gasteiger partial charge on any atom is -0.396 e. The Morgan fingerprint density at radius 1 is 1.50 bits per heavy atom. The molecule has 1 N–H and O–H groups in total. The number of anilines is 1. The van der Waals surface area contributed by atoms with Gasteiger partial charge in [0, 0.05) is 35.2 Å². The van der Waals surface area contributed by atoms with Gasteiger partial charge < -0.3 is 10.0 Å². The van der Waals surface area contributed by atoms with Crippen LogP contribution in [0, 0.1) is 12.8 Å². The molecule has 0 bridgehead atoms. The summed E-state index contributed by atoms with van der Waals surface area (Å²) in [6, 6.07) is 5.52. The quantitative estimate of drug-likeness (QED) is 0.895. The topological polar surface area (TPSA) is 40.5 Å². The number of aryl methyl sites for hydroxylation is 1. The predicted molar refractivity (Wildman–Crippen MR) is 72.9 cm³/mol. The lowest BCUT2D eigenvalue weighted by Gasteiger charge is -2.36. The van der Waals surface area contributed by atoms with Gasteiger partial charge in [-0.25, -0.2) is 0 Å². The average molecular weight is 268 g/mol. The van der Waals surface area contributed by atoms with Crippen molar-refractivity contribution in [2.75, 3.05) is 11.5 Å². The van der Waals surface area contributed by atoms with Crippen molar-refractivity contribution in [2.45, 2.75) is 32.7 Å². The van der Waals surface area contributed by atoms with Crippen LogP contribution in [-0.4, -0.2) is 23.2 Å². The summed E-state index contributed by atoms with van der Waals surface area (Å²) in [6.45, 7) is 5.96. The molecule has 2 rings (SSSR count). The van der Waals surface area contributed by atoms with Crippen molar-refractivity contribution >= 4 is 23.2 Å². The van der Waals surface area contributed by atoms with Crippen molar-refractivity contribution in [3.05, 3.63) is 28.8 Å². The Balaban J connectivity index is 2.46. The van der Waals surface area contributed by atoms with Crippen molar-refractivity contribution in [3.8, 4) is 0 Å². The van der Waals surface area contributed by atoms with E-state index in [1.807, 2.05) is 32.9 Å². The molecule has 98 valence electrons. The lowest BCUT2D eigenvalue weighted by Crippen LogP contribution is -2.45. The van der Waals surface area contributed by atoms with E-state index in [9.17, 15) is 9.90 Å². The molecule has 1 saturated heterocycles. The third kappa shape index (κ3) is 2.02. The molecule has 1 amide bonds. The summed E-state index contributed by atoms with van der Waals surface area (Å²) < 4.78 is 0. The van der Waals surface area contributed by atoms with Gasteiger partial charge in [0.1, 0.15) is 0 Å². The Kier molecular flexibility index (Phi) is 3.39. The van der Waals surface area contributed by atoms with Crippen molar-refractivity contribution in [1.29, 1.82) is 0 Å². The molecule has 1 heterocycles. The number of nitrogens with zero attached hydrogens (tertiary/aromatic N) is 1. The summed E-state index contributed by atoms with van der Waals surface area (Å²) in [5, 5.41) is 10.1. The molecule has 18 heavy (non-hydrogen) atoms. The largest absolute Gasteiger partial charge is 0.396 e. The fraction of sp³-hybridized carbons (Fsp3) is 0.500. The van der Waals surface area contributed by atoms with Crippen LogP contribution in [0.4, 0.5) is 5.69 Å². The van der Waals surface area contributed by atoms with Crippen LogP contribution >= 0.6 is 11.6 Å². The van der Waals surface area contributed by atoms with E-state index in [1.165, 1.54) is 0 Å². The summed E-state index contributed by atoms with van der Waals surface area (Å²) in [6.07, 6.45) is 0.394. The van der Waals surface area contributed by atoms with Crippen LogP contribution in [0.25, 0.3) is 0 Å². The summed E-state index contributed by atoms with van der Waals surface area (Å²) in [4.78, 5) is 14.0. The van der Waals surface area contributed by atoms with Gasteiger partial charge in [-0.1, -0.05) is 11.6 Å². The van der Waals surface area contributed by atoms with E-state index in [4.69, 9.17) is 11.6 Å². The normalized spacial score (nSPS) is 22.6. The van der Waals surface area contributed by atoms with Crippen molar-refractivity contribution in [1.82, 2.24) is 0 Å². The molecule has 1 aliphatic heterocycles. The van der Waals surface area contributed by atoms with Crippen molar-refractivity contribution in [3.63, 3.8) is 0 Å². The number of hydrogen-bond acceptors (Lipinski definition) is 2. The zero-order valence-electron chi connectivity index (χ0n) is 10.9. The summed E-state index contributed by atoms with van der Waals surface area (Å²) in [5.74, 6) is 0.0320. The lowest BCUT2D eigenvalue weighted by atomic mass is 9.89. The number of rotatable bonds is 2. The van der Waals surface area contributed by atoms with Gasteiger partial charge in [0.2, 0.25) is 5.91 Å². The van der Waals surface area contributed by atoms with Gasteiger partial charge in [-0.2, -0.15) is 0 Å². The standard InChI is InChI=1S/C14H18ClNO2/c1-9-6-11(15)4-5-12(9)16-13(18)7-10(8-17)14(16,2)3/h4-6,10,17H,7-8H2,1-3H3. The molecule has 1 atom stereocenters. The highest BCUT2D eigenvalue weighted by atomic mass is 35.5. The van der Waals surface area contributed by atoms with Gasteiger partial charge in [0.05, 0.1) is 0 Å². The Labute approximate surface area is 112 Å². The molecule has 1 aliphatic rings. The highest BCUT2D eigenvalue weighted by molar-refractivity contribution is 6.30. The molecule has 1 unspecified atom stereocenters. The van der Waals surface area contributed by atoms with Crippen molar-refractivity contribution < 1.29 is 9.90 Å². The van der Waals surface area contributed by atoms with Crippen LogP contribution in [0.15, 0.2) is 18.2 Å². The van der Waals surface area contributed by atoms with Gasteiger partial charge in [0.25, 0.3) is 0 Å². The van der Waals surface area contributed by atoms with Crippen molar-refractivity contribution in [2.24, 2.45) is 5.92 Å². The SMILES string of the molecule is Cc1cc(Cl)ccc1N1C(=O)CC(CO)C1(C)C. The summed E-state index contributed by atoms with van der Waals surface area (Å²) in [5.41, 5.74) is 1.48. The van der Waals surface area contributed by atoms with Crippen LogP contribution in [0.1, 0.15) is 25.8 Å². The highest BCUT2D eigenvalue weighted by Gasteiger charge is 2.46.